The van der Waals surface area contributed by atoms with Gasteiger partial charge < -0.3 is 9.84 Å². The fourth-order valence-electron chi connectivity index (χ4n) is 3.34. The molecule has 154 valence electrons. The molecular formula is C22H25ClN2O4. The number of amides is 1. The summed E-state index contributed by atoms with van der Waals surface area (Å²) >= 11 is 5.93. The average Bonchev–Trinajstić information content (AvgIpc) is 3.43. The maximum Gasteiger partial charge on any atom is 0.411 e. The largest absolute Gasteiger partial charge is 0.478 e. The number of rotatable bonds is 6. The molecule has 1 heterocycles. The molecule has 0 aliphatic heterocycles. The molecular weight excluding hydrogens is 392 g/mol. The van der Waals surface area contributed by atoms with E-state index in [9.17, 15) is 9.59 Å². The molecule has 29 heavy (non-hydrogen) atoms. The van der Waals surface area contributed by atoms with E-state index in [2.05, 4.69) is 4.98 Å². The molecule has 0 bridgehead atoms. The average molecular weight is 417 g/mol. The second-order valence-corrected chi connectivity index (χ2v) is 8.67. The minimum absolute atomic E-state index is 0.239. The van der Waals surface area contributed by atoms with Gasteiger partial charge >= 0.3 is 12.1 Å². The van der Waals surface area contributed by atoms with E-state index in [-0.39, 0.29) is 11.7 Å². The van der Waals surface area contributed by atoms with E-state index in [1.165, 1.54) is 0 Å². The summed E-state index contributed by atoms with van der Waals surface area (Å²) in [7, 11) is 0. The number of pyridine rings is 1. The number of nitrogens with zero attached hydrogens (tertiary/aromatic N) is 2. The number of hydrogen-bond acceptors (Lipinski definition) is 4. The van der Waals surface area contributed by atoms with Gasteiger partial charge in [-0.25, -0.2) is 14.6 Å². The monoisotopic (exact) mass is 416 g/mol. The van der Waals surface area contributed by atoms with Crippen LogP contribution in [-0.4, -0.2) is 39.2 Å². The molecule has 6 nitrogen and oxygen atoms in total. The van der Waals surface area contributed by atoms with E-state index >= 15 is 0 Å². The Morgan fingerprint density at radius 1 is 1.17 bits per heavy atom. The second kappa shape index (κ2) is 8.03. The predicted molar refractivity (Wildman–Crippen MR) is 110 cm³/mol. The minimum Gasteiger partial charge on any atom is -0.478 e. The first-order valence-electron chi connectivity index (χ1n) is 9.56. The summed E-state index contributed by atoms with van der Waals surface area (Å²) < 4.78 is 5.67. The highest BCUT2D eigenvalue weighted by Gasteiger charge is 2.52. The molecule has 0 spiro atoms. The van der Waals surface area contributed by atoms with Gasteiger partial charge in [-0.3, -0.25) is 4.90 Å². The Labute approximate surface area is 175 Å². The van der Waals surface area contributed by atoms with Crippen LogP contribution < -0.4 is 0 Å². The summed E-state index contributed by atoms with van der Waals surface area (Å²) in [5, 5.41) is 9.46. The van der Waals surface area contributed by atoms with Gasteiger partial charge in [0.15, 0.2) is 0 Å². The van der Waals surface area contributed by atoms with Gasteiger partial charge in [0.1, 0.15) is 10.8 Å². The molecule has 1 fully saturated rings. The standard InChI is InChI=1S/C22H25ClN2O4/c1-21(2,3)29-20(28)25(13-10-15-4-6-16(7-5-15)19(26)27)22(11-12-22)17-8-9-18(23)24-14-17/h4-9,14H,10-13H2,1-3H3,(H,26,27). The van der Waals surface area contributed by atoms with Gasteiger partial charge in [0.25, 0.3) is 0 Å². The Bertz CT molecular complexity index is 885. The van der Waals surface area contributed by atoms with Crippen LogP contribution in [0.1, 0.15) is 55.1 Å². The van der Waals surface area contributed by atoms with Gasteiger partial charge in [-0.1, -0.05) is 29.8 Å². The number of ether oxygens (including phenoxy) is 1. The summed E-state index contributed by atoms with van der Waals surface area (Å²) in [6.07, 6.45) is 3.59. The van der Waals surface area contributed by atoms with Crippen molar-refractivity contribution in [2.75, 3.05) is 6.54 Å². The fraction of sp³-hybridized carbons (Fsp3) is 0.409. The van der Waals surface area contributed by atoms with Crippen molar-refractivity contribution in [3.8, 4) is 0 Å². The maximum atomic E-state index is 13.0. The third kappa shape index (κ3) is 5.07. The van der Waals surface area contributed by atoms with Gasteiger partial charge in [-0.15, -0.1) is 0 Å². The van der Waals surface area contributed by atoms with E-state index in [0.29, 0.717) is 18.1 Å². The van der Waals surface area contributed by atoms with Gasteiger partial charge in [0.2, 0.25) is 0 Å². The van der Waals surface area contributed by atoms with E-state index in [1.54, 1.807) is 41.4 Å². The molecule has 3 rings (SSSR count). The van der Waals surface area contributed by atoms with Crippen LogP contribution in [0.5, 0.6) is 0 Å². The lowest BCUT2D eigenvalue weighted by atomic mass is 10.0. The predicted octanol–water partition coefficient (Wildman–Crippen LogP) is 4.90. The molecule has 0 radical (unpaired) electrons. The van der Waals surface area contributed by atoms with E-state index in [0.717, 1.165) is 24.0 Å². The number of carboxylic acids is 1. The highest BCUT2D eigenvalue weighted by atomic mass is 35.5. The third-order valence-corrected chi connectivity index (χ3v) is 5.17. The molecule has 1 aromatic carbocycles. The zero-order valence-corrected chi connectivity index (χ0v) is 17.6. The molecule has 1 aliphatic rings. The van der Waals surface area contributed by atoms with Gasteiger partial charge in [-0.05, 0) is 69.4 Å². The van der Waals surface area contributed by atoms with Crippen LogP contribution in [0.25, 0.3) is 0 Å². The number of aromatic carboxylic acids is 1. The van der Waals surface area contributed by atoms with Crippen LogP contribution in [-0.2, 0) is 16.7 Å². The van der Waals surface area contributed by atoms with Crippen molar-refractivity contribution in [3.05, 3.63) is 64.4 Å². The number of halogens is 1. The summed E-state index contributed by atoms with van der Waals surface area (Å²) in [6, 6.07) is 10.3. The Morgan fingerprint density at radius 3 is 2.31 bits per heavy atom. The van der Waals surface area contributed by atoms with E-state index in [1.807, 2.05) is 26.8 Å². The SMILES string of the molecule is CC(C)(C)OC(=O)N(CCc1ccc(C(=O)O)cc1)C1(c2ccc(Cl)nc2)CC1. The zero-order valence-electron chi connectivity index (χ0n) is 16.8. The molecule has 1 saturated carbocycles. The van der Waals surface area contributed by atoms with Crippen molar-refractivity contribution >= 4 is 23.7 Å². The van der Waals surface area contributed by atoms with Crippen molar-refractivity contribution in [1.82, 2.24) is 9.88 Å². The maximum absolute atomic E-state index is 13.0. The third-order valence-electron chi connectivity index (χ3n) is 4.94. The molecule has 0 saturated heterocycles. The van der Waals surface area contributed by atoms with E-state index in [4.69, 9.17) is 21.4 Å². The lowest BCUT2D eigenvalue weighted by Gasteiger charge is -2.34. The van der Waals surface area contributed by atoms with Crippen molar-refractivity contribution < 1.29 is 19.4 Å². The minimum atomic E-state index is -0.959. The first-order valence-corrected chi connectivity index (χ1v) is 9.93. The Kier molecular flexibility index (Phi) is 5.85. The summed E-state index contributed by atoms with van der Waals surface area (Å²) in [4.78, 5) is 30.0. The zero-order chi connectivity index (χ0) is 21.2. The van der Waals surface area contributed by atoms with Gasteiger partial charge in [0.05, 0.1) is 11.1 Å². The molecule has 1 aromatic heterocycles. The molecule has 2 aromatic rings. The summed E-state index contributed by atoms with van der Waals surface area (Å²) in [6.45, 7) is 5.98. The first kappa shape index (κ1) is 21.1. The number of carbonyl (C=O) groups excluding carboxylic acids is 1. The lowest BCUT2D eigenvalue weighted by Crippen LogP contribution is -2.44. The second-order valence-electron chi connectivity index (χ2n) is 8.29. The van der Waals surface area contributed by atoms with Crippen molar-refractivity contribution in [1.29, 1.82) is 0 Å². The summed E-state index contributed by atoms with van der Waals surface area (Å²) in [5.74, 6) is -0.959. The number of hydrogen-bond donors (Lipinski definition) is 1. The van der Waals surface area contributed by atoms with Crippen molar-refractivity contribution in [2.24, 2.45) is 0 Å². The molecule has 1 N–H and O–H groups in total. The quantitative estimate of drug-likeness (QED) is 0.677. The number of benzene rings is 1. The van der Waals surface area contributed by atoms with Gasteiger partial charge in [0, 0.05) is 12.7 Å². The highest BCUT2D eigenvalue weighted by Crippen LogP contribution is 2.51. The first-order chi connectivity index (χ1) is 13.6. The molecule has 0 unspecified atom stereocenters. The molecule has 0 atom stereocenters. The van der Waals surface area contributed by atoms with Crippen molar-refractivity contribution in [3.63, 3.8) is 0 Å². The van der Waals surface area contributed by atoms with E-state index < -0.39 is 17.1 Å². The Balaban J connectivity index is 1.82. The summed E-state index contributed by atoms with van der Waals surface area (Å²) in [5.41, 5.74) is 1.08. The van der Waals surface area contributed by atoms with Crippen LogP contribution in [0.4, 0.5) is 4.79 Å². The van der Waals surface area contributed by atoms with Crippen molar-refractivity contribution in [2.45, 2.75) is 51.2 Å². The number of aromatic nitrogens is 1. The molecule has 1 amide bonds. The topological polar surface area (TPSA) is 79.7 Å². The normalized spacial score (nSPS) is 14.9. The van der Waals surface area contributed by atoms with Gasteiger partial charge in [-0.2, -0.15) is 0 Å². The highest BCUT2D eigenvalue weighted by molar-refractivity contribution is 6.29. The van der Waals surface area contributed by atoms with Crippen LogP contribution in [0.15, 0.2) is 42.6 Å². The number of carbonyl (C=O) groups is 2. The molecule has 1 aliphatic carbocycles. The van der Waals surface area contributed by atoms with Crippen LogP contribution in [0.2, 0.25) is 5.15 Å². The Morgan fingerprint density at radius 2 is 1.83 bits per heavy atom. The van der Waals surface area contributed by atoms with Crippen LogP contribution in [0.3, 0.4) is 0 Å². The Hall–Kier alpha value is -2.60. The smallest absolute Gasteiger partial charge is 0.411 e. The molecule has 7 heteroatoms. The number of carboxylic acid groups (broad SMARTS) is 1. The van der Waals surface area contributed by atoms with Crippen LogP contribution >= 0.6 is 11.6 Å². The lowest BCUT2D eigenvalue weighted by molar-refractivity contribution is 0.0124. The fourth-order valence-corrected chi connectivity index (χ4v) is 3.45. The van der Waals surface area contributed by atoms with Crippen LogP contribution in [0, 0.1) is 0 Å².